The third-order valence-corrected chi connectivity index (χ3v) is 4.79. The lowest BCUT2D eigenvalue weighted by Crippen LogP contribution is -2.06. The Balaban J connectivity index is 0.000000448. The standard InChI is InChI=1S/C12H15ClO.C8H11N.C3H4Cl2O/c1-9-4-3-5-10(2)12(9)8-11(14)6-7-13;1-6-4-3-5-7(2)8(6)9;4-2-1-3(5)6/h3-5H,6-8H2,1-2H3;3-5H,9H2,1-2H3;1-2H2. The van der Waals surface area contributed by atoms with Gasteiger partial charge in [-0.25, -0.2) is 0 Å². The normalized spacial score (nSPS) is 9.62. The summed E-state index contributed by atoms with van der Waals surface area (Å²) in [5.41, 5.74) is 12.5. The zero-order valence-corrected chi connectivity index (χ0v) is 19.8. The average Bonchev–Trinajstić information content (AvgIpc) is 2.64. The fourth-order valence-electron chi connectivity index (χ4n) is 2.42. The average molecular weight is 459 g/mol. The molecule has 2 rings (SSSR count). The molecule has 0 aliphatic rings. The van der Waals surface area contributed by atoms with Crippen molar-refractivity contribution in [1.82, 2.24) is 0 Å². The Bertz CT molecular complexity index is 751. The molecule has 0 saturated carbocycles. The second kappa shape index (κ2) is 15.3. The first-order chi connectivity index (χ1) is 13.6. The Kier molecular flexibility index (Phi) is 14.5. The molecule has 0 atom stereocenters. The number of hydrogen-bond donors (Lipinski definition) is 1. The number of nitrogens with two attached hydrogens (primary N) is 1. The van der Waals surface area contributed by atoms with Gasteiger partial charge in [-0.05, 0) is 67.1 Å². The van der Waals surface area contributed by atoms with Gasteiger partial charge in [0.05, 0.1) is 0 Å². The molecule has 0 spiro atoms. The quantitative estimate of drug-likeness (QED) is 0.313. The van der Waals surface area contributed by atoms with E-state index in [2.05, 4.69) is 0 Å². The van der Waals surface area contributed by atoms with Crippen molar-refractivity contribution >= 4 is 51.5 Å². The van der Waals surface area contributed by atoms with E-state index >= 15 is 0 Å². The molecule has 29 heavy (non-hydrogen) atoms. The van der Waals surface area contributed by atoms with Gasteiger partial charge in [0.1, 0.15) is 5.78 Å². The first kappa shape index (κ1) is 27.5. The van der Waals surface area contributed by atoms with E-state index in [0.717, 1.165) is 22.4 Å². The van der Waals surface area contributed by atoms with Crippen LogP contribution in [0.25, 0.3) is 0 Å². The molecule has 0 bridgehead atoms. The summed E-state index contributed by atoms with van der Waals surface area (Å²) >= 11 is 15.5. The second-order valence-corrected chi connectivity index (χ2v) is 7.80. The van der Waals surface area contributed by atoms with Gasteiger partial charge in [0.2, 0.25) is 5.24 Å². The molecule has 0 aliphatic heterocycles. The number of alkyl halides is 2. The van der Waals surface area contributed by atoms with Gasteiger partial charge in [0.15, 0.2) is 0 Å². The Morgan fingerprint density at radius 2 is 1.21 bits per heavy atom. The van der Waals surface area contributed by atoms with Crippen molar-refractivity contribution in [3.8, 4) is 0 Å². The van der Waals surface area contributed by atoms with E-state index in [1.54, 1.807) is 0 Å². The Morgan fingerprint density at radius 1 is 0.793 bits per heavy atom. The maximum atomic E-state index is 11.4. The molecule has 2 aromatic carbocycles. The lowest BCUT2D eigenvalue weighted by atomic mass is 9.97. The second-order valence-electron chi connectivity index (χ2n) is 6.62. The van der Waals surface area contributed by atoms with Crippen LogP contribution < -0.4 is 5.73 Å². The van der Waals surface area contributed by atoms with Gasteiger partial charge in [-0.2, -0.15) is 0 Å². The molecular weight excluding hydrogens is 429 g/mol. The minimum Gasteiger partial charge on any atom is -0.398 e. The summed E-state index contributed by atoms with van der Waals surface area (Å²) in [5, 5.41) is -0.370. The van der Waals surface area contributed by atoms with Crippen LogP contribution in [-0.4, -0.2) is 22.8 Å². The van der Waals surface area contributed by atoms with Crippen LogP contribution in [-0.2, 0) is 16.0 Å². The molecule has 0 saturated heterocycles. The van der Waals surface area contributed by atoms with E-state index in [9.17, 15) is 9.59 Å². The van der Waals surface area contributed by atoms with E-state index in [4.69, 9.17) is 40.5 Å². The maximum Gasteiger partial charge on any atom is 0.222 e. The fraction of sp³-hybridized carbons (Fsp3) is 0.391. The number of Topliss-reactive ketones (excluding diaryl/α,β-unsaturated/α-hetero) is 1. The third-order valence-electron chi connectivity index (χ3n) is 4.22. The van der Waals surface area contributed by atoms with Crippen LogP contribution in [0.4, 0.5) is 5.69 Å². The van der Waals surface area contributed by atoms with E-state index < -0.39 is 0 Å². The molecule has 160 valence electrons. The van der Waals surface area contributed by atoms with Crippen molar-refractivity contribution in [2.45, 2.75) is 47.0 Å². The van der Waals surface area contributed by atoms with E-state index in [0.29, 0.717) is 24.6 Å². The highest BCUT2D eigenvalue weighted by Gasteiger charge is 2.07. The number of carbonyl (C=O) groups is 2. The SMILES string of the molecule is Cc1cccc(C)c1CC(=O)CCCl.Cc1cccc(C)c1N.O=C(Cl)CCCl. The topological polar surface area (TPSA) is 60.2 Å². The summed E-state index contributed by atoms with van der Waals surface area (Å²) in [6, 6.07) is 12.1. The predicted octanol–water partition coefficient (Wildman–Crippen LogP) is 6.31. The van der Waals surface area contributed by atoms with Crippen LogP contribution in [0.1, 0.15) is 40.7 Å². The first-order valence-electron chi connectivity index (χ1n) is 9.32. The number of para-hydroxylation sites is 1. The number of aryl methyl sites for hydroxylation is 4. The molecule has 0 heterocycles. The lowest BCUT2D eigenvalue weighted by Gasteiger charge is -2.07. The van der Waals surface area contributed by atoms with Crippen molar-refractivity contribution in [2.75, 3.05) is 17.5 Å². The molecule has 6 heteroatoms. The van der Waals surface area contributed by atoms with Crippen molar-refractivity contribution < 1.29 is 9.59 Å². The number of ketones is 1. The smallest absolute Gasteiger partial charge is 0.222 e. The van der Waals surface area contributed by atoms with E-state index in [-0.39, 0.29) is 17.4 Å². The van der Waals surface area contributed by atoms with Gasteiger partial charge in [0, 0.05) is 36.7 Å². The van der Waals surface area contributed by atoms with Crippen molar-refractivity contribution in [2.24, 2.45) is 0 Å². The monoisotopic (exact) mass is 457 g/mol. The maximum absolute atomic E-state index is 11.4. The number of halogens is 3. The lowest BCUT2D eigenvalue weighted by molar-refractivity contribution is -0.118. The van der Waals surface area contributed by atoms with Crippen LogP contribution >= 0.6 is 34.8 Å². The molecule has 2 N–H and O–H groups in total. The van der Waals surface area contributed by atoms with E-state index in [1.807, 2.05) is 64.1 Å². The minimum atomic E-state index is -0.370. The highest BCUT2D eigenvalue weighted by Crippen LogP contribution is 2.15. The first-order valence-corrected chi connectivity index (χ1v) is 10.8. The Hall–Kier alpha value is -1.55. The van der Waals surface area contributed by atoms with Crippen molar-refractivity contribution in [3.63, 3.8) is 0 Å². The van der Waals surface area contributed by atoms with Crippen LogP contribution in [0.15, 0.2) is 36.4 Å². The third kappa shape index (κ3) is 11.9. The minimum absolute atomic E-state index is 0.220. The van der Waals surface area contributed by atoms with Crippen LogP contribution in [0.5, 0.6) is 0 Å². The zero-order valence-electron chi connectivity index (χ0n) is 17.5. The largest absolute Gasteiger partial charge is 0.398 e. The molecule has 0 aliphatic carbocycles. The molecule has 0 fully saturated rings. The van der Waals surface area contributed by atoms with Gasteiger partial charge in [-0.3, -0.25) is 9.59 Å². The fourth-order valence-corrected chi connectivity index (χ4v) is 2.99. The van der Waals surface area contributed by atoms with Crippen LogP contribution in [0, 0.1) is 27.7 Å². The van der Waals surface area contributed by atoms with Gasteiger partial charge in [-0.15, -0.1) is 23.2 Å². The molecule has 3 nitrogen and oxygen atoms in total. The number of nitrogen functional groups attached to an aromatic ring is 1. The van der Waals surface area contributed by atoms with E-state index in [1.165, 1.54) is 11.1 Å². The Morgan fingerprint density at radius 3 is 1.52 bits per heavy atom. The number of hydrogen-bond acceptors (Lipinski definition) is 3. The van der Waals surface area contributed by atoms with Crippen molar-refractivity contribution in [1.29, 1.82) is 0 Å². The number of carbonyl (C=O) groups excluding carboxylic acids is 2. The number of rotatable bonds is 6. The highest BCUT2D eigenvalue weighted by atomic mass is 35.5. The van der Waals surface area contributed by atoms with Gasteiger partial charge in [-0.1, -0.05) is 36.4 Å². The summed E-state index contributed by atoms with van der Waals surface area (Å²) in [5.74, 6) is 0.962. The van der Waals surface area contributed by atoms with Crippen molar-refractivity contribution in [3.05, 3.63) is 64.2 Å². The van der Waals surface area contributed by atoms with Gasteiger partial charge >= 0.3 is 0 Å². The molecule has 2 aromatic rings. The van der Waals surface area contributed by atoms with Crippen LogP contribution in [0.2, 0.25) is 0 Å². The van der Waals surface area contributed by atoms with Gasteiger partial charge < -0.3 is 5.73 Å². The molecular formula is C23H30Cl3NO2. The highest BCUT2D eigenvalue weighted by molar-refractivity contribution is 6.63. The molecule has 0 amide bonds. The predicted molar refractivity (Wildman–Crippen MR) is 126 cm³/mol. The molecule has 0 aromatic heterocycles. The zero-order chi connectivity index (χ0) is 22.4. The van der Waals surface area contributed by atoms with Gasteiger partial charge in [0.25, 0.3) is 0 Å². The number of anilines is 1. The summed E-state index contributed by atoms with van der Waals surface area (Å²) in [6.07, 6.45) is 1.25. The number of benzene rings is 2. The summed E-state index contributed by atoms with van der Waals surface area (Å²) < 4.78 is 0. The summed E-state index contributed by atoms with van der Waals surface area (Å²) in [4.78, 5) is 21.2. The Labute approximate surface area is 189 Å². The molecule has 0 radical (unpaired) electrons. The summed E-state index contributed by atoms with van der Waals surface area (Å²) in [6.45, 7) is 8.11. The molecule has 0 unspecified atom stereocenters. The summed E-state index contributed by atoms with van der Waals surface area (Å²) in [7, 11) is 0. The van der Waals surface area contributed by atoms with Crippen LogP contribution in [0.3, 0.4) is 0 Å².